The molecule has 0 unspecified atom stereocenters. The van der Waals surface area contributed by atoms with Crippen LogP contribution < -0.4 is 4.74 Å². The molecular formula is C11H12ClNO. The average Bonchev–Trinajstić information content (AvgIpc) is 2.17. The molecule has 0 aliphatic carbocycles. The Hall–Kier alpha value is -1.28. The molecule has 74 valence electrons. The molecule has 3 heteroatoms. The van der Waals surface area contributed by atoms with Crippen molar-refractivity contribution < 1.29 is 4.74 Å². The third-order valence-electron chi connectivity index (χ3n) is 2.05. The van der Waals surface area contributed by atoms with Crippen LogP contribution in [0, 0.1) is 6.92 Å². The van der Waals surface area contributed by atoms with Gasteiger partial charge in [0.2, 0.25) is 0 Å². The van der Waals surface area contributed by atoms with E-state index in [0.717, 1.165) is 22.6 Å². The highest BCUT2D eigenvalue weighted by molar-refractivity contribution is 6.48. The van der Waals surface area contributed by atoms with Gasteiger partial charge < -0.3 is 4.74 Å². The second-order valence-corrected chi connectivity index (χ2v) is 3.31. The number of hydrogen-bond donors (Lipinski definition) is 0. The van der Waals surface area contributed by atoms with E-state index in [0.29, 0.717) is 5.03 Å². The number of aliphatic imine (C=N–C) groups is 1. The maximum atomic E-state index is 5.83. The lowest BCUT2D eigenvalue weighted by atomic mass is 10.1. The summed E-state index contributed by atoms with van der Waals surface area (Å²) >= 11 is 5.83. The van der Waals surface area contributed by atoms with Crippen molar-refractivity contribution in [1.82, 2.24) is 0 Å². The first-order valence-corrected chi connectivity index (χ1v) is 4.48. The number of methoxy groups -OCH3 is 1. The first-order chi connectivity index (χ1) is 6.61. The monoisotopic (exact) mass is 209 g/mol. The van der Waals surface area contributed by atoms with Crippen LogP contribution in [0.15, 0.2) is 23.7 Å². The highest BCUT2D eigenvalue weighted by atomic mass is 35.5. The molecule has 0 aliphatic heterocycles. The summed E-state index contributed by atoms with van der Waals surface area (Å²) in [5, 5.41) is 0.457. The lowest BCUT2D eigenvalue weighted by Crippen LogP contribution is -1.89. The summed E-state index contributed by atoms with van der Waals surface area (Å²) in [7, 11) is 1.62. The second kappa shape index (κ2) is 4.29. The van der Waals surface area contributed by atoms with Gasteiger partial charge in [-0.3, -0.25) is 4.99 Å². The minimum Gasteiger partial charge on any atom is -0.496 e. The van der Waals surface area contributed by atoms with E-state index in [4.69, 9.17) is 16.3 Å². The molecule has 0 spiro atoms. The number of hydrogen-bond acceptors (Lipinski definition) is 2. The molecule has 0 saturated carbocycles. The first-order valence-electron chi connectivity index (χ1n) is 4.11. The number of benzene rings is 1. The van der Waals surface area contributed by atoms with Crippen LogP contribution in [-0.2, 0) is 0 Å². The predicted octanol–water partition coefficient (Wildman–Crippen LogP) is 3.55. The van der Waals surface area contributed by atoms with E-state index in [1.165, 1.54) is 0 Å². The quantitative estimate of drug-likeness (QED) is 0.698. The smallest absolute Gasteiger partial charge is 0.123 e. The number of nitrogens with zero attached hydrogens (tertiary/aromatic N) is 1. The van der Waals surface area contributed by atoms with Gasteiger partial charge in [0.05, 0.1) is 12.8 Å². The van der Waals surface area contributed by atoms with Gasteiger partial charge in [0, 0.05) is 16.2 Å². The zero-order valence-corrected chi connectivity index (χ0v) is 9.06. The van der Waals surface area contributed by atoms with Crippen LogP contribution in [0.25, 0.3) is 5.03 Å². The van der Waals surface area contributed by atoms with Crippen LogP contribution in [0.1, 0.15) is 11.1 Å². The van der Waals surface area contributed by atoms with Crippen molar-refractivity contribution in [2.45, 2.75) is 6.92 Å². The Morgan fingerprint density at radius 3 is 2.57 bits per heavy atom. The summed E-state index contributed by atoms with van der Waals surface area (Å²) in [5.74, 6) is 0.772. The molecule has 0 atom stereocenters. The minimum atomic E-state index is 0.457. The van der Waals surface area contributed by atoms with Gasteiger partial charge in [0.1, 0.15) is 5.75 Å². The Balaban J connectivity index is 3.43. The maximum absolute atomic E-state index is 5.83. The molecule has 0 saturated heterocycles. The van der Waals surface area contributed by atoms with Gasteiger partial charge in [-0.15, -0.1) is 0 Å². The fourth-order valence-electron chi connectivity index (χ4n) is 1.33. The topological polar surface area (TPSA) is 21.6 Å². The van der Waals surface area contributed by atoms with Crippen molar-refractivity contribution in [2.24, 2.45) is 4.99 Å². The Morgan fingerprint density at radius 1 is 1.50 bits per heavy atom. The molecule has 1 aromatic rings. The molecule has 0 N–H and O–H groups in total. The summed E-state index contributed by atoms with van der Waals surface area (Å²) in [6.45, 7) is 9.08. The van der Waals surface area contributed by atoms with E-state index in [2.05, 4.69) is 18.3 Å². The first kappa shape index (κ1) is 10.8. The number of rotatable bonds is 3. The van der Waals surface area contributed by atoms with Crippen LogP contribution in [0.3, 0.4) is 0 Å². The third-order valence-corrected chi connectivity index (χ3v) is 2.26. The molecule has 0 radical (unpaired) electrons. The van der Waals surface area contributed by atoms with Crippen molar-refractivity contribution in [3.8, 4) is 5.75 Å². The summed E-state index contributed by atoms with van der Waals surface area (Å²) in [4.78, 5) is 3.92. The van der Waals surface area contributed by atoms with Crippen LogP contribution in [0.4, 0.5) is 5.69 Å². The molecular weight excluding hydrogens is 198 g/mol. The fourth-order valence-corrected chi connectivity index (χ4v) is 1.48. The molecule has 0 aliphatic rings. The van der Waals surface area contributed by atoms with Gasteiger partial charge in [-0.25, -0.2) is 0 Å². The highest BCUT2D eigenvalue weighted by Gasteiger charge is 2.10. The van der Waals surface area contributed by atoms with Gasteiger partial charge in [-0.2, -0.15) is 0 Å². The predicted molar refractivity (Wildman–Crippen MR) is 61.8 cm³/mol. The molecule has 0 amide bonds. The van der Waals surface area contributed by atoms with Gasteiger partial charge in [0.25, 0.3) is 0 Å². The van der Waals surface area contributed by atoms with E-state index in [1.807, 2.05) is 19.1 Å². The normalized spacial score (nSPS) is 9.64. The summed E-state index contributed by atoms with van der Waals surface area (Å²) in [6, 6.07) is 3.66. The van der Waals surface area contributed by atoms with E-state index in [1.54, 1.807) is 7.11 Å². The van der Waals surface area contributed by atoms with Crippen LogP contribution in [0.2, 0.25) is 0 Å². The van der Waals surface area contributed by atoms with Crippen LogP contribution in [-0.4, -0.2) is 13.8 Å². The Morgan fingerprint density at radius 2 is 2.14 bits per heavy atom. The van der Waals surface area contributed by atoms with E-state index in [9.17, 15) is 0 Å². The molecule has 0 heterocycles. The molecule has 0 aromatic heterocycles. The van der Waals surface area contributed by atoms with E-state index in [-0.39, 0.29) is 0 Å². The van der Waals surface area contributed by atoms with Crippen molar-refractivity contribution in [3.05, 3.63) is 29.8 Å². The zero-order valence-electron chi connectivity index (χ0n) is 8.30. The van der Waals surface area contributed by atoms with Crippen molar-refractivity contribution in [1.29, 1.82) is 0 Å². The zero-order chi connectivity index (χ0) is 10.7. The standard InChI is InChI=1S/C11H12ClNO/c1-7-10(14-4)6-5-9(8(2)12)11(7)13-3/h5-6H,2-3H2,1,4H3. The van der Waals surface area contributed by atoms with Crippen molar-refractivity contribution in [2.75, 3.05) is 7.11 Å². The molecule has 1 rings (SSSR count). The molecule has 0 fully saturated rings. The summed E-state index contributed by atoms with van der Waals surface area (Å²) in [6.07, 6.45) is 0. The molecule has 2 nitrogen and oxygen atoms in total. The Kier molecular flexibility index (Phi) is 3.31. The second-order valence-electron chi connectivity index (χ2n) is 2.85. The minimum absolute atomic E-state index is 0.457. The third kappa shape index (κ3) is 1.80. The van der Waals surface area contributed by atoms with Crippen LogP contribution in [0.5, 0.6) is 5.75 Å². The molecule has 14 heavy (non-hydrogen) atoms. The molecule has 1 aromatic carbocycles. The van der Waals surface area contributed by atoms with Crippen LogP contribution >= 0.6 is 11.6 Å². The number of ether oxygens (including phenoxy) is 1. The average molecular weight is 210 g/mol. The largest absolute Gasteiger partial charge is 0.496 e. The molecule has 0 bridgehead atoms. The lowest BCUT2D eigenvalue weighted by Gasteiger charge is -2.10. The summed E-state index contributed by atoms with van der Waals surface area (Å²) in [5.41, 5.74) is 2.44. The lowest BCUT2D eigenvalue weighted by molar-refractivity contribution is 0.412. The van der Waals surface area contributed by atoms with E-state index >= 15 is 0 Å². The van der Waals surface area contributed by atoms with Gasteiger partial charge in [0.15, 0.2) is 0 Å². The Bertz CT molecular complexity index is 385. The SMILES string of the molecule is C=Nc1c(C(=C)Cl)ccc(OC)c1C. The maximum Gasteiger partial charge on any atom is 0.123 e. The van der Waals surface area contributed by atoms with Gasteiger partial charge in [-0.1, -0.05) is 18.2 Å². The summed E-state index contributed by atoms with van der Waals surface area (Å²) < 4.78 is 5.16. The van der Waals surface area contributed by atoms with E-state index < -0.39 is 0 Å². The Labute approximate surface area is 88.9 Å². The number of halogens is 1. The van der Waals surface area contributed by atoms with Gasteiger partial charge >= 0.3 is 0 Å². The highest BCUT2D eigenvalue weighted by Crippen LogP contribution is 2.35. The van der Waals surface area contributed by atoms with Crippen molar-refractivity contribution >= 4 is 29.0 Å². The van der Waals surface area contributed by atoms with Gasteiger partial charge in [-0.05, 0) is 25.8 Å². The van der Waals surface area contributed by atoms with Crippen molar-refractivity contribution in [3.63, 3.8) is 0 Å². The fraction of sp³-hybridized carbons (Fsp3) is 0.182.